The fraction of sp³-hybridized carbons (Fsp3) is 0.250. The molecule has 138 valence electrons. The van der Waals surface area contributed by atoms with Gasteiger partial charge in [-0.25, -0.2) is 4.79 Å². The average Bonchev–Trinajstić information content (AvgIpc) is 3.26. The zero-order valence-electron chi connectivity index (χ0n) is 14.8. The van der Waals surface area contributed by atoms with Crippen LogP contribution in [0.5, 0.6) is 0 Å². The van der Waals surface area contributed by atoms with Crippen LogP contribution in [0.25, 0.3) is 11.1 Å². The van der Waals surface area contributed by atoms with Gasteiger partial charge in [-0.3, -0.25) is 0 Å². The maximum atomic E-state index is 12.2. The predicted molar refractivity (Wildman–Crippen MR) is 97.1 cm³/mol. The number of aliphatic hydroxyl groups excluding tert-OH is 1. The average molecular weight is 365 g/mol. The number of aromatic nitrogens is 2. The molecule has 0 bridgehead atoms. The molecule has 0 radical (unpaired) electrons. The van der Waals surface area contributed by atoms with Crippen molar-refractivity contribution in [1.82, 2.24) is 15.5 Å². The Kier molecular flexibility index (Phi) is 4.60. The number of benzene rings is 2. The van der Waals surface area contributed by atoms with Gasteiger partial charge >= 0.3 is 6.09 Å². The number of ether oxygens (including phenoxy) is 1. The molecule has 7 nitrogen and oxygen atoms in total. The molecule has 2 aromatic carbocycles. The first-order valence-electron chi connectivity index (χ1n) is 8.70. The Morgan fingerprint density at radius 3 is 2.37 bits per heavy atom. The molecular weight excluding hydrogens is 346 g/mol. The Balaban J connectivity index is 1.46. The van der Waals surface area contributed by atoms with Gasteiger partial charge in [-0.05, 0) is 29.2 Å². The summed E-state index contributed by atoms with van der Waals surface area (Å²) in [5.74, 6) is 0.544. The third-order valence-electron chi connectivity index (χ3n) is 4.66. The molecular formula is C20H19N3O4. The van der Waals surface area contributed by atoms with Gasteiger partial charge in [0.05, 0.1) is 6.61 Å². The van der Waals surface area contributed by atoms with E-state index in [2.05, 4.69) is 39.7 Å². The first kappa shape index (κ1) is 17.2. The summed E-state index contributed by atoms with van der Waals surface area (Å²) in [6, 6.07) is 15.4. The zero-order valence-corrected chi connectivity index (χ0v) is 14.8. The number of fused-ring (bicyclic) bond motifs is 3. The maximum absolute atomic E-state index is 12.2. The van der Waals surface area contributed by atoms with Crippen molar-refractivity contribution >= 4 is 6.09 Å². The molecule has 1 aliphatic rings. The molecule has 1 aliphatic carbocycles. The van der Waals surface area contributed by atoms with Gasteiger partial charge in [0.25, 0.3) is 5.89 Å². The number of aliphatic hydroxyl groups is 1. The molecule has 4 rings (SSSR count). The fourth-order valence-corrected chi connectivity index (χ4v) is 3.42. The lowest BCUT2D eigenvalue weighted by atomic mass is 9.98. The lowest BCUT2D eigenvalue weighted by Gasteiger charge is -2.16. The summed E-state index contributed by atoms with van der Waals surface area (Å²) in [4.78, 5) is 16.3. The lowest BCUT2D eigenvalue weighted by Crippen LogP contribution is -2.32. The van der Waals surface area contributed by atoms with Crippen molar-refractivity contribution in [3.8, 4) is 11.1 Å². The smallest absolute Gasteiger partial charge is 0.407 e. The summed E-state index contributed by atoms with van der Waals surface area (Å²) in [5, 5.41) is 15.7. The highest BCUT2D eigenvalue weighted by Gasteiger charge is 2.29. The predicted octanol–water partition coefficient (Wildman–Crippen LogP) is 2.95. The van der Waals surface area contributed by atoms with Crippen molar-refractivity contribution in [3.05, 3.63) is 71.4 Å². The number of amides is 1. The third kappa shape index (κ3) is 3.29. The van der Waals surface area contributed by atoms with E-state index in [1.807, 2.05) is 24.3 Å². The number of alkyl carbamates (subject to hydrolysis) is 1. The van der Waals surface area contributed by atoms with Gasteiger partial charge in [0.1, 0.15) is 12.6 Å². The van der Waals surface area contributed by atoms with Gasteiger partial charge in [-0.2, -0.15) is 4.98 Å². The molecule has 1 aromatic heterocycles. The highest BCUT2D eigenvalue weighted by Crippen LogP contribution is 2.44. The summed E-state index contributed by atoms with van der Waals surface area (Å²) in [7, 11) is 0. The second kappa shape index (κ2) is 7.20. The number of rotatable bonds is 5. The minimum atomic E-state index is -0.804. The summed E-state index contributed by atoms with van der Waals surface area (Å²) < 4.78 is 10.4. The van der Waals surface area contributed by atoms with E-state index in [0.717, 1.165) is 22.3 Å². The summed E-state index contributed by atoms with van der Waals surface area (Å²) >= 11 is 0. The molecule has 0 spiro atoms. The van der Waals surface area contributed by atoms with Crippen molar-refractivity contribution < 1.29 is 19.2 Å². The van der Waals surface area contributed by atoms with E-state index in [4.69, 9.17) is 9.26 Å². The van der Waals surface area contributed by atoms with Crippen molar-refractivity contribution in [2.24, 2.45) is 0 Å². The van der Waals surface area contributed by atoms with E-state index >= 15 is 0 Å². The van der Waals surface area contributed by atoms with E-state index in [1.165, 1.54) is 0 Å². The summed E-state index contributed by atoms with van der Waals surface area (Å²) in [6.45, 7) is 1.49. The van der Waals surface area contributed by atoms with E-state index in [9.17, 15) is 9.90 Å². The molecule has 7 heteroatoms. The fourth-order valence-electron chi connectivity index (χ4n) is 3.42. The summed E-state index contributed by atoms with van der Waals surface area (Å²) in [6.07, 6.45) is -0.647. The highest BCUT2D eigenvalue weighted by molar-refractivity contribution is 5.79. The SMILES string of the molecule is Cc1noc(C(CO)NC(=O)OCC2c3ccccc3-c3ccccc32)n1. The number of hydrogen-bond acceptors (Lipinski definition) is 6. The molecule has 0 fully saturated rings. The van der Waals surface area contributed by atoms with Crippen LogP contribution >= 0.6 is 0 Å². The Labute approximate surface area is 156 Å². The molecule has 3 aromatic rings. The first-order valence-corrected chi connectivity index (χ1v) is 8.70. The van der Waals surface area contributed by atoms with Gasteiger partial charge < -0.3 is 19.7 Å². The Morgan fingerprint density at radius 1 is 1.19 bits per heavy atom. The molecule has 0 saturated heterocycles. The molecule has 1 atom stereocenters. The van der Waals surface area contributed by atoms with Gasteiger partial charge in [-0.1, -0.05) is 53.7 Å². The van der Waals surface area contributed by atoms with E-state index in [1.54, 1.807) is 6.92 Å². The standard InChI is InChI=1S/C20H19N3O4/c1-12-21-19(27-23-12)18(10-24)22-20(25)26-11-17-15-8-4-2-6-13(15)14-7-3-5-9-16(14)17/h2-9,17-18,24H,10-11H2,1H3,(H,22,25). The van der Waals surface area contributed by atoms with Gasteiger partial charge in [0.15, 0.2) is 5.82 Å². The molecule has 0 aliphatic heterocycles. The minimum absolute atomic E-state index is 0.0265. The largest absolute Gasteiger partial charge is 0.449 e. The van der Waals surface area contributed by atoms with Gasteiger partial charge in [-0.15, -0.1) is 0 Å². The number of carbonyl (C=O) groups is 1. The lowest BCUT2D eigenvalue weighted by molar-refractivity contribution is 0.127. The van der Waals surface area contributed by atoms with Crippen molar-refractivity contribution in [3.63, 3.8) is 0 Å². The quantitative estimate of drug-likeness (QED) is 0.721. The van der Waals surface area contributed by atoms with Crippen LogP contribution in [-0.4, -0.2) is 34.6 Å². The number of aryl methyl sites for hydroxylation is 1. The van der Waals surface area contributed by atoms with Gasteiger partial charge in [0, 0.05) is 5.92 Å². The van der Waals surface area contributed by atoms with Crippen LogP contribution in [0.4, 0.5) is 4.79 Å². The molecule has 27 heavy (non-hydrogen) atoms. The van der Waals surface area contributed by atoms with Crippen LogP contribution in [0.3, 0.4) is 0 Å². The van der Waals surface area contributed by atoms with Crippen LogP contribution in [0.1, 0.15) is 34.8 Å². The zero-order chi connectivity index (χ0) is 18.8. The van der Waals surface area contributed by atoms with Crippen molar-refractivity contribution in [2.75, 3.05) is 13.2 Å². The normalized spacial score (nSPS) is 13.7. The van der Waals surface area contributed by atoms with Crippen LogP contribution in [0.15, 0.2) is 53.1 Å². The molecule has 1 unspecified atom stereocenters. The Hall–Kier alpha value is -3.19. The van der Waals surface area contributed by atoms with Crippen LogP contribution in [-0.2, 0) is 4.74 Å². The van der Waals surface area contributed by atoms with Crippen LogP contribution in [0.2, 0.25) is 0 Å². The summed E-state index contributed by atoms with van der Waals surface area (Å²) in [5.41, 5.74) is 4.60. The van der Waals surface area contributed by atoms with E-state index in [-0.39, 0.29) is 25.0 Å². The second-order valence-electron chi connectivity index (χ2n) is 6.38. The minimum Gasteiger partial charge on any atom is -0.449 e. The van der Waals surface area contributed by atoms with Crippen molar-refractivity contribution in [1.29, 1.82) is 0 Å². The molecule has 1 heterocycles. The topological polar surface area (TPSA) is 97.5 Å². The van der Waals surface area contributed by atoms with E-state index < -0.39 is 12.1 Å². The first-order chi connectivity index (χ1) is 13.2. The Bertz CT molecular complexity index is 924. The molecule has 0 saturated carbocycles. The molecule has 2 N–H and O–H groups in total. The van der Waals surface area contributed by atoms with Crippen LogP contribution in [0, 0.1) is 6.92 Å². The third-order valence-corrected chi connectivity index (χ3v) is 4.66. The number of nitrogens with zero attached hydrogens (tertiary/aromatic N) is 2. The molecule has 1 amide bonds. The van der Waals surface area contributed by atoms with Crippen molar-refractivity contribution in [2.45, 2.75) is 18.9 Å². The monoisotopic (exact) mass is 365 g/mol. The maximum Gasteiger partial charge on any atom is 0.407 e. The number of nitrogens with one attached hydrogen (secondary N) is 1. The highest BCUT2D eigenvalue weighted by atomic mass is 16.5. The van der Waals surface area contributed by atoms with Crippen LogP contribution < -0.4 is 5.32 Å². The van der Waals surface area contributed by atoms with Gasteiger partial charge in [0.2, 0.25) is 0 Å². The second-order valence-corrected chi connectivity index (χ2v) is 6.38. The van der Waals surface area contributed by atoms with E-state index in [0.29, 0.717) is 5.82 Å². The Morgan fingerprint density at radius 2 is 1.81 bits per heavy atom. The number of carbonyl (C=O) groups excluding carboxylic acids is 1. The number of hydrogen-bond donors (Lipinski definition) is 2.